The maximum absolute atomic E-state index is 11.7. The van der Waals surface area contributed by atoms with E-state index in [9.17, 15) is 4.79 Å². The highest BCUT2D eigenvalue weighted by Crippen LogP contribution is 2.31. The molecule has 0 aliphatic carbocycles. The van der Waals surface area contributed by atoms with E-state index in [0.717, 1.165) is 10.6 Å². The van der Waals surface area contributed by atoms with E-state index in [1.54, 1.807) is 30.2 Å². The van der Waals surface area contributed by atoms with Crippen molar-refractivity contribution in [1.29, 1.82) is 0 Å². The molecule has 2 aromatic rings. The van der Waals surface area contributed by atoms with Crippen molar-refractivity contribution in [3.8, 4) is 22.3 Å². The van der Waals surface area contributed by atoms with Crippen molar-refractivity contribution in [3.63, 3.8) is 0 Å². The van der Waals surface area contributed by atoms with Gasteiger partial charge < -0.3 is 4.90 Å². The highest BCUT2D eigenvalue weighted by atomic mass is 32.1. The van der Waals surface area contributed by atoms with Gasteiger partial charge in [-0.25, -0.2) is 0 Å². The Labute approximate surface area is 117 Å². The smallest absolute Gasteiger partial charge is 0.302 e. The van der Waals surface area contributed by atoms with Gasteiger partial charge in [0.05, 0.1) is 5.69 Å². The first-order valence-corrected chi connectivity index (χ1v) is 6.86. The number of benzene rings is 1. The van der Waals surface area contributed by atoms with Crippen molar-refractivity contribution in [3.05, 3.63) is 41.3 Å². The fourth-order valence-electron chi connectivity index (χ4n) is 1.68. The molecule has 0 fully saturated rings. The predicted molar refractivity (Wildman–Crippen MR) is 81.4 cm³/mol. The number of carbonyl (C=O) groups is 1. The fraction of sp³-hybridized carbons (Fsp3) is 0.188. The number of nitrogens with zero attached hydrogens (tertiary/aromatic N) is 1. The maximum atomic E-state index is 11.7. The number of amides is 1. The molecule has 0 unspecified atom stereocenters. The molecular formula is C16H15NOS. The third kappa shape index (κ3) is 3.04. The van der Waals surface area contributed by atoms with Gasteiger partial charge in [-0.3, -0.25) is 4.79 Å². The molecule has 0 spiro atoms. The molecular weight excluding hydrogens is 254 g/mol. The van der Waals surface area contributed by atoms with Gasteiger partial charge in [0, 0.05) is 17.3 Å². The molecule has 0 saturated carbocycles. The Hall–Kier alpha value is -2.05. The van der Waals surface area contributed by atoms with Gasteiger partial charge in [0.2, 0.25) is 0 Å². The van der Waals surface area contributed by atoms with Crippen LogP contribution in [0.5, 0.6) is 0 Å². The summed E-state index contributed by atoms with van der Waals surface area (Å²) in [6, 6.07) is 10.4. The van der Waals surface area contributed by atoms with Gasteiger partial charge in [-0.15, -0.1) is 11.3 Å². The van der Waals surface area contributed by atoms with Gasteiger partial charge in [0.15, 0.2) is 0 Å². The average Bonchev–Trinajstić information content (AvgIpc) is 2.88. The van der Waals surface area contributed by atoms with E-state index >= 15 is 0 Å². The molecule has 1 aromatic carbocycles. The normalized spacial score (nSPS) is 9.63. The van der Waals surface area contributed by atoms with Crippen LogP contribution in [0.3, 0.4) is 0 Å². The lowest BCUT2D eigenvalue weighted by molar-refractivity contribution is -0.113. The van der Waals surface area contributed by atoms with Crippen LogP contribution >= 0.6 is 11.3 Å². The molecule has 2 rings (SSSR count). The minimum Gasteiger partial charge on any atom is -0.304 e. The summed E-state index contributed by atoms with van der Waals surface area (Å²) in [6.07, 6.45) is 0. The number of hydrogen-bond donors (Lipinski definition) is 0. The molecule has 19 heavy (non-hydrogen) atoms. The first-order chi connectivity index (χ1) is 9.11. The molecule has 1 aromatic heterocycles. The molecule has 0 bridgehead atoms. The van der Waals surface area contributed by atoms with E-state index in [1.807, 2.05) is 11.4 Å². The van der Waals surface area contributed by atoms with Crippen LogP contribution < -0.4 is 4.90 Å². The molecule has 1 heterocycles. The van der Waals surface area contributed by atoms with Crippen molar-refractivity contribution in [2.24, 2.45) is 0 Å². The van der Waals surface area contributed by atoms with Gasteiger partial charge in [0.25, 0.3) is 0 Å². The molecule has 0 N–H and O–H groups in total. The van der Waals surface area contributed by atoms with Crippen LogP contribution in [0.2, 0.25) is 0 Å². The molecule has 0 atom stereocenters. The summed E-state index contributed by atoms with van der Waals surface area (Å²) in [7, 11) is 1.74. The Balaban J connectivity index is 2.25. The lowest BCUT2D eigenvalue weighted by Gasteiger charge is -2.10. The standard InChI is InChI=1S/C16H15NOS/c1-4-5-16(18)17(3)14-10-15(19-11-14)13-8-6-12(2)7-9-13/h6-11H,1-3H3. The van der Waals surface area contributed by atoms with Crippen LogP contribution in [0, 0.1) is 18.8 Å². The van der Waals surface area contributed by atoms with Gasteiger partial charge in [-0.05, 0) is 31.4 Å². The number of rotatable bonds is 2. The summed E-state index contributed by atoms with van der Waals surface area (Å²) >= 11 is 1.63. The summed E-state index contributed by atoms with van der Waals surface area (Å²) in [5.74, 6) is 4.98. The fourth-order valence-corrected chi connectivity index (χ4v) is 2.61. The Morgan fingerprint density at radius 2 is 1.95 bits per heavy atom. The highest BCUT2D eigenvalue weighted by Gasteiger charge is 2.11. The number of hydrogen-bond acceptors (Lipinski definition) is 2. The van der Waals surface area contributed by atoms with Crippen molar-refractivity contribution in [1.82, 2.24) is 0 Å². The highest BCUT2D eigenvalue weighted by molar-refractivity contribution is 7.14. The zero-order valence-corrected chi connectivity index (χ0v) is 12.0. The molecule has 3 heteroatoms. The van der Waals surface area contributed by atoms with Gasteiger partial charge >= 0.3 is 5.91 Å². The van der Waals surface area contributed by atoms with Gasteiger partial charge in [-0.2, -0.15) is 0 Å². The molecule has 0 aliphatic heterocycles. The number of carbonyl (C=O) groups excluding carboxylic acids is 1. The lowest BCUT2D eigenvalue weighted by Crippen LogP contribution is -2.23. The molecule has 96 valence electrons. The van der Waals surface area contributed by atoms with Gasteiger partial charge in [0.1, 0.15) is 0 Å². The van der Waals surface area contributed by atoms with E-state index in [4.69, 9.17) is 0 Å². The van der Waals surface area contributed by atoms with E-state index < -0.39 is 0 Å². The first kappa shape index (κ1) is 13.4. The quantitative estimate of drug-likeness (QED) is 0.761. The molecule has 0 radical (unpaired) electrons. The summed E-state index contributed by atoms with van der Waals surface area (Å²) < 4.78 is 0. The van der Waals surface area contributed by atoms with Crippen LogP contribution in [0.15, 0.2) is 35.7 Å². The van der Waals surface area contributed by atoms with E-state index in [0.29, 0.717) is 0 Å². The second-order valence-corrected chi connectivity index (χ2v) is 5.19. The van der Waals surface area contributed by atoms with E-state index in [1.165, 1.54) is 11.1 Å². The second kappa shape index (κ2) is 5.73. The molecule has 1 amide bonds. The summed E-state index contributed by atoms with van der Waals surface area (Å²) in [6.45, 7) is 3.73. The largest absolute Gasteiger partial charge is 0.304 e. The third-order valence-electron chi connectivity index (χ3n) is 2.85. The lowest BCUT2D eigenvalue weighted by atomic mass is 10.1. The molecule has 0 saturated heterocycles. The molecule has 0 aliphatic rings. The zero-order chi connectivity index (χ0) is 13.8. The number of anilines is 1. The van der Waals surface area contributed by atoms with Crippen molar-refractivity contribution in [2.45, 2.75) is 13.8 Å². The topological polar surface area (TPSA) is 20.3 Å². The SMILES string of the molecule is CC#CC(=O)N(C)c1csc(-c2ccc(C)cc2)c1. The van der Waals surface area contributed by atoms with Crippen LogP contribution in [0.4, 0.5) is 5.69 Å². The Morgan fingerprint density at radius 1 is 1.26 bits per heavy atom. The van der Waals surface area contributed by atoms with E-state index in [2.05, 4.69) is 43.0 Å². The average molecular weight is 269 g/mol. The Morgan fingerprint density at radius 3 is 2.58 bits per heavy atom. The minimum atomic E-state index is -0.184. The van der Waals surface area contributed by atoms with Crippen LogP contribution in [-0.4, -0.2) is 13.0 Å². The van der Waals surface area contributed by atoms with E-state index in [-0.39, 0.29) is 5.91 Å². The summed E-state index contributed by atoms with van der Waals surface area (Å²) in [5, 5.41) is 1.98. The molecule has 2 nitrogen and oxygen atoms in total. The number of aryl methyl sites for hydroxylation is 1. The summed E-state index contributed by atoms with van der Waals surface area (Å²) in [5.41, 5.74) is 3.30. The third-order valence-corrected chi connectivity index (χ3v) is 3.81. The Kier molecular flexibility index (Phi) is 4.03. The van der Waals surface area contributed by atoms with Crippen LogP contribution in [0.1, 0.15) is 12.5 Å². The second-order valence-electron chi connectivity index (χ2n) is 4.27. The van der Waals surface area contributed by atoms with Gasteiger partial charge in [-0.1, -0.05) is 35.7 Å². The minimum absolute atomic E-state index is 0.184. The predicted octanol–water partition coefficient (Wildman–Crippen LogP) is 3.71. The first-order valence-electron chi connectivity index (χ1n) is 5.98. The Bertz CT molecular complexity index is 643. The van der Waals surface area contributed by atoms with Crippen molar-refractivity contribution < 1.29 is 4.79 Å². The zero-order valence-electron chi connectivity index (χ0n) is 11.2. The number of thiophene rings is 1. The summed E-state index contributed by atoms with van der Waals surface area (Å²) in [4.78, 5) is 14.4. The van der Waals surface area contributed by atoms with Crippen LogP contribution in [0.25, 0.3) is 10.4 Å². The van der Waals surface area contributed by atoms with Crippen LogP contribution in [-0.2, 0) is 4.79 Å². The maximum Gasteiger partial charge on any atom is 0.302 e. The van der Waals surface area contributed by atoms with Crippen molar-refractivity contribution >= 4 is 22.9 Å². The van der Waals surface area contributed by atoms with Crippen molar-refractivity contribution in [2.75, 3.05) is 11.9 Å². The monoisotopic (exact) mass is 269 g/mol.